The average molecular weight is 348 g/mol. The van der Waals surface area contributed by atoms with Gasteiger partial charge in [0.1, 0.15) is 6.61 Å². The summed E-state index contributed by atoms with van der Waals surface area (Å²) >= 11 is 2.05. The molecule has 0 saturated carbocycles. The van der Waals surface area contributed by atoms with Crippen LogP contribution in [0.4, 0.5) is 5.69 Å². The lowest BCUT2D eigenvalue weighted by Gasteiger charge is -2.04. The maximum Gasteiger partial charge on any atom is 0.277 e. The van der Waals surface area contributed by atoms with Crippen molar-refractivity contribution in [3.63, 3.8) is 0 Å². The van der Waals surface area contributed by atoms with E-state index in [1.54, 1.807) is 6.07 Å². The number of nitro groups is 1. The lowest BCUT2D eigenvalue weighted by molar-refractivity contribution is -0.386. The number of halogens is 1. The van der Waals surface area contributed by atoms with Gasteiger partial charge in [-0.2, -0.15) is 0 Å². The van der Waals surface area contributed by atoms with Crippen LogP contribution in [0.5, 0.6) is 0 Å². The van der Waals surface area contributed by atoms with Crippen LogP contribution in [0.3, 0.4) is 0 Å². The van der Waals surface area contributed by atoms with Gasteiger partial charge in [0.15, 0.2) is 0 Å². The van der Waals surface area contributed by atoms with Gasteiger partial charge in [-0.05, 0) is 42.0 Å². The Bertz CT molecular complexity index is 446. The fraction of sp³-hybridized carbons (Fsp3) is 0.364. The first kappa shape index (κ1) is 13.9. The van der Waals surface area contributed by atoms with E-state index >= 15 is 0 Å². The third-order valence-electron chi connectivity index (χ3n) is 2.23. The summed E-state index contributed by atoms with van der Waals surface area (Å²) in [7, 11) is 0. The molecular formula is C11H13IN2O3. The average Bonchev–Trinajstić information content (AvgIpc) is 2.30. The summed E-state index contributed by atoms with van der Waals surface area (Å²) in [6, 6.07) is 4.93. The second-order valence-corrected chi connectivity index (χ2v) is 4.61. The van der Waals surface area contributed by atoms with Crippen molar-refractivity contribution in [2.75, 3.05) is 0 Å². The standard InChI is InChI=1S/C11H13IN2O3/c1-3-8(2)13-17-7-9-10(12)5-4-6-11(9)14(15)16/h4-6H,3,7H2,1-2H3. The van der Waals surface area contributed by atoms with Gasteiger partial charge in [-0.3, -0.25) is 10.1 Å². The molecule has 1 aromatic carbocycles. The van der Waals surface area contributed by atoms with Gasteiger partial charge < -0.3 is 4.84 Å². The number of oxime groups is 1. The van der Waals surface area contributed by atoms with Gasteiger partial charge in [0, 0.05) is 9.64 Å². The van der Waals surface area contributed by atoms with E-state index in [1.807, 2.05) is 19.9 Å². The van der Waals surface area contributed by atoms with Crippen LogP contribution in [0.2, 0.25) is 0 Å². The van der Waals surface area contributed by atoms with Crippen molar-refractivity contribution in [3.8, 4) is 0 Å². The fourth-order valence-corrected chi connectivity index (χ4v) is 1.77. The van der Waals surface area contributed by atoms with Gasteiger partial charge in [-0.25, -0.2) is 0 Å². The van der Waals surface area contributed by atoms with Crippen LogP contribution in [-0.4, -0.2) is 10.6 Å². The van der Waals surface area contributed by atoms with Gasteiger partial charge in [0.05, 0.1) is 16.2 Å². The molecule has 0 radical (unpaired) electrons. The number of nitro benzene ring substituents is 1. The maximum atomic E-state index is 10.8. The molecule has 0 spiro atoms. The Labute approximate surface area is 113 Å². The molecule has 92 valence electrons. The first-order chi connectivity index (χ1) is 8.06. The molecule has 0 aliphatic heterocycles. The summed E-state index contributed by atoms with van der Waals surface area (Å²) in [4.78, 5) is 15.6. The van der Waals surface area contributed by atoms with Crippen LogP contribution in [0, 0.1) is 13.7 Å². The number of hydrogen-bond donors (Lipinski definition) is 0. The summed E-state index contributed by atoms with van der Waals surface area (Å²) in [5.41, 5.74) is 1.49. The van der Waals surface area contributed by atoms with E-state index in [4.69, 9.17) is 4.84 Å². The zero-order chi connectivity index (χ0) is 12.8. The Kier molecular flexibility index (Phi) is 5.33. The van der Waals surface area contributed by atoms with Crippen LogP contribution in [0.15, 0.2) is 23.4 Å². The quantitative estimate of drug-likeness (QED) is 0.354. The minimum absolute atomic E-state index is 0.0706. The van der Waals surface area contributed by atoms with Crippen LogP contribution in [-0.2, 0) is 11.4 Å². The number of hydrogen-bond acceptors (Lipinski definition) is 4. The second-order valence-electron chi connectivity index (χ2n) is 3.45. The molecule has 5 nitrogen and oxygen atoms in total. The van der Waals surface area contributed by atoms with Crippen molar-refractivity contribution in [3.05, 3.63) is 37.4 Å². The molecule has 0 aromatic heterocycles. The van der Waals surface area contributed by atoms with Crippen molar-refractivity contribution >= 4 is 34.0 Å². The third kappa shape index (κ3) is 3.95. The second kappa shape index (κ2) is 6.53. The van der Waals surface area contributed by atoms with Crippen LogP contribution < -0.4 is 0 Å². The summed E-state index contributed by atoms with van der Waals surface area (Å²) < 4.78 is 0.807. The van der Waals surface area contributed by atoms with Gasteiger partial charge >= 0.3 is 0 Å². The Morgan fingerprint density at radius 2 is 2.29 bits per heavy atom. The van der Waals surface area contributed by atoms with Gasteiger partial charge in [-0.1, -0.05) is 18.1 Å². The first-order valence-corrected chi connectivity index (χ1v) is 6.21. The van der Waals surface area contributed by atoms with E-state index < -0.39 is 4.92 Å². The maximum absolute atomic E-state index is 10.8. The van der Waals surface area contributed by atoms with E-state index in [2.05, 4.69) is 27.7 Å². The van der Waals surface area contributed by atoms with E-state index in [-0.39, 0.29) is 12.3 Å². The predicted octanol–water partition coefficient (Wildman–Crippen LogP) is 3.50. The van der Waals surface area contributed by atoms with E-state index in [0.717, 1.165) is 15.7 Å². The third-order valence-corrected chi connectivity index (χ3v) is 3.24. The molecule has 1 aromatic rings. The molecule has 0 heterocycles. The zero-order valence-electron chi connectivity index (χ0n) is 9.64. The molecule has 17 heavy (non-hydrogen) atoms. The molecule has 0 amide bonds. The highest BCUT2D eigenvalue weighted by Crippen LogP contribution is 2.24. The molecule has 0 bridgehead atoms. The van der Waals surface area contributed by atoms with Crippen molar-refractivity contribution < 1.29 is 9.76 Å². The lowest BCUT2D eigenvalue weighted by atomic mass is 10.2. The number of benzene rings is 1. The largest absolute Gasteiger partial charge is 0.391 e. The van der Waals surface area contributed by atoms with Gasteiger partial charge in [-0.15, -0.1) is 0 Å². The van der Waals surface area contributed by atoms with Crippen LogP contribution >= 0.6 is 22.6 Å². The smallest absolute Gasteiger partial charge is 0.277 e. The zero-order valence-corrected chi connectivity index (χ0v) is 11.8. The molecule has 1 rings (SSSR count). The lowest BCUT2D eigenvalue weighted by Crippen LogP contribution is -2.00. The number of rotatable bonds is 5. The molecular weight excluding hydrogens is 335 g/mol. The van der Waals surface area contributed by atoms with Gasteiger partial charge in [0.2, 0.25) is 0 Å². The van der Waals surface area contributed by atoms with E-state index in [9.17, 15) is 10.1 Å². The van der Waals surface area contributed by atoms with E-state index in [1.165, 1.54) is 6.07 Å². The SMILES string of the molecule is CCC(C)=NOCc1c(I)cccc1[N+](=O)[O-]. The molecule has 0 saturated heterocycles. The summed E-state index contributed by atoms with van der Waals surface area (Å²) in [6.07, 6.45) is 0.800. The summed E-state index contributed by atoms with van der Waals surface area (Å²) in [5.74, 6) is 0. The Morgan fingerprint density at radius 3 is 2.88 bits per heavy atom. The topological polar surface area (TPSA) is 64.7 Å². The van der Waals surface area contributed by atoms with Crippen LogP contribution in [0.25, 0.3) is 0 Å². The normalized spacial score (nSPS) is 11.4. The molecule has 0 N–H and O–H groups in total. The predicted molar refractivity (Wildman–Crippen MR) is 74.0 cm³/mol. The van der Waals surface area contributed by atoms with Crippen molar-refractivity contribution in [1.29, 1.82) is 0 Å². The molecule has 0 unspecified atom stereocenters. The fourth-order valence-electron chi connectivity index (χ4n) is 1.13. The number of nitrogens with zero attached hydrogens (tertiary/aromatic N) is 2. The minimum Gasteiger partial charge on any atom is -0.391 e. The molecule has 0 aliphatic carbocycles. The Morgan fingerprint density at radius 1 is 1.59 bits per heavy atom. The van der Waals surface area contributed by atoms with Crippen molar-refractivity contribution in [2.24, 2.45) is 5.16 Å². The Hall–Kier alpha value is -1.18. The van der Waals surface area contributed by atoms with Crippen molar-refractivity contribution in [2.45, 2.75) is 26.9 Å². The van der Waals surface area contributed by atoms with Crippen molar-refractivity contribution in [1.82, 2.24) is 0 Å². The molecule has 6 heteroatoms. The van der Waals surface area contributed by atoms with Crippen LogP contribution in [0.1, 0.15) is 25.8 Å². The minimum atomic E-state index is -0.406. The molecule has 0 atom stereocenters. The Balaban J connectivity index is 2.86. The van der Waals surface area contributed by atoms with E-state index in [0.29, 0.717) is 5.56 Å². The highest BCUT2D eigenvalue weighted by Gasteiger charge is 2.16. The summed E-state index contributed by atoms with van der Waals surface area (Å²) in [6.45, 7) is 3.94. The highest BCUT2D eigenvalue weighted by atomic mass is 127. The van der Waals surface area contributed by atoms with Gasteiger partial charge in [0.25, 0.3) is 5.69 Å². The molecule has 0 aliphatic rings. The summed E-state index contributed by atoms with van der Waals surface area (Å²) in [5, 5.41) is 14.7. The monoisotopic (exact) mass is 348 g/mol. The first-order valence-electron chi connectivity index (χ1n) is 5.13. The molecule has 0 fully saturated rings. The highest BCUT2D eigenvalue weighted by molar-refractivity contribution is 14.1.